The predicted octanol–water partition coefficient (Wildman–Crippen LogP) is 2.16. The van der Waals surface area contributed by atoms with Crippen LogP contribution in [0.1, 0.15) is 25.3 Å². The van der Waals surface area contributed by atoms with Crippen molar-refractivity contribution in [3.63, 3.8) is 0 Å². The second kappa shape index (κ2) is 5.61. The van der Waals surface area contributed by atoms with Gasteiger partial charge in [-0.15, -0.1) is 0 Å². The van der Waals surface area contributed by atoms with Crippen molar-refractivity contribution in [1.82, 2.24) is 14.4 Å². The number of Topliss-reactive ketones (excluding diaryl/α,β-unsaturated/α-hetero) is 1. The molecular weight excluding hydrogens is 266 g/mol. The number of ketones is 1. The van der Waals surface area contributed by atoms with Gasteiger partial charge in [-0.3, -0.25) is 9.20 Å². The molecule has 5 heteroatoms. The Morgan fingerprint density at radius 2 is 2.19 bits per heavy atom. The number of aliphatic hydroxyl groups excluding tert-OH is 1. The highest BCUT2D eigenvalue weighted by Crippen LogP contribution is 2.15. The molecule has 1 N–H and O–H groups in total. The third-order valence-corrected chi connectivity index (χ3v) is 3.46. The Balaban J connectivity index is 1.86. The number of nitrogens with zero attached hydrogens (tertiary/aromatic N) is 3. The summed E-state index contributed by atoms with van der Waals surface area (Å²) in [5.74, 6) is 0.748. The van der Waals surface area contributed by atoms with Crippen molar-refractivity contribution >= 4 is 22.6 Å². The first kappa shape index (κ1) is 13.7. The van der Waals surface area contributed by atoms with E-state index in [1.165, 1.54) is 0 Å². The Hall–Kier alpha value is -2.27. The van der Waals surface area contributed by atoms with Gasteiger partial charge in [0.15, 0.2) is 0 Å². The maximum absolute atomic E-state index is 11.9. The lowest BCUT2D eigenvalue weighted by Crippen LogP contribution is -2.08. The molecule has 3 aromatic rings. The van der Waals surface area contributed by atoms with Gasteiger partial charge in [-0.05, 0) is 31.0 Å². The van der Waals surface area contributed by atoms with Gasteiger partial charge < -0.3 is 5.11 Å². The van der Waals surface area contributed by atoms with Gasteiger partial charge in [0, 0.05) is 25.2 Å². The first-order valence-electron chi connectivity index (χ1n) is 7.05. The van der Waals surface area contributed by atoms with E-state index in [1.54, 1.807) is 13.1 Å². The van der Waals surface area contributed by atoms with Crippen molar-refractivity contribution in [2.75, 3.05) is 0 Å². The highest BCUT2D eigenvalue weighted by molar-refractivity contribution is 5.82. The van der Waals surface area contributed by atoms with E-state index in [2.05, 4.69) is 9.97 Å². The number of carbonyl (C=O) groups is 1. The van der Waals surface area contributed by atoms with Crippen LogP contribution in [0.4, 0.5) is 0 Å². The standard InChI is InChI=1S/C16H17N3O2/c1-11(20)6-7-13(21)8-12-9-17-16-18-14-4-2-3-5-15(14)19(16)10-12/h2-5,9-11,20H,6-8H2,1H3. The molecule has 0 saturated carbocycles. The van der Waals surface area contributed by atoms with E-state index < -0.39 is 6.10 Å². The van der Waals surface area contributed by atoms with Crippen LogP contribution in [-0.4, -0.2) is 31.4 Å². The summed E-state index contributed by atoms with van der Waals surface area (Å²) in [6, 6.07) is 7.82. The smallest absolute Gasteiger partial charge is 0.234 e. The minimum absolute atomic E-state index is 0.112. The van der Waals surface area contributed by atoms with Gasteiger partial charge in [0.25, 0.3) is 0 Å². The van der Waals surface area contributed by atoms with E-state index in [0.717, 1.165) is 16.6 Å². The van der Waals surface area contributed by atoms with E-state index >= 15 is 0 Å². The topological polar surface area (TPSA) is 67.5 Å². The molecule has 1 aromatic carbocycles. The Bertz CT molecular complexity index is 792. The SMILES string of the molecule is CC(O)CCC(=O)Cc1cnc2nc3ccccc3n2c1. The van der Waals surface area contributed by atoms with E-state index in [9.17, 15) is 9.90 Å². The number of para-hydroxylation sites is 2. The number of hydrogen-bond donors (Lipinski definition) is 1. The number of rotatable bonds is 5. The summed E-state index contributed by atoms with van der Waals surface area (Å²) in [5.41, 5.74) is 2.74. The lowest BCUT2D eigenvalue weighted by molar-refractivity contribution is -0.118. The molecule has 0 radical (unpaired) electrons. The maximum Gasteiger partial charge on any atom is 0.234 e. The van der Waals surface area contributed by atoms with E-state index in [4.69, 9.17) is 0 Å². The Labute approximate surface area is 122 Å². The van der Waals surface area contributed by atoms with Gasteiger partial charge in [-0.1, -0.05) is 12.1 Å². The van der Waals surface area contributed by atoms with Crippen LogP contribution in [0.15, 0.2) is 36.7 Å². The molecule has 1 atom stereocenters. The minimum Gasteiger partial charge on any atom is -0.393 e. The number of fused-ring (bicyclic) bond motifs is 3. The Kier molecular flexibility index (Phi) is 3.66. The lowest BCUT2D eigenvalue weighted by atomic mass is 10.1. The lowest BCUT2D eigenvalue weighted by Gasteiger charge is -2.04. The van der Waals surface area contributed by atoms with E-state index in [-0.39, 0.29) is 5.78 Å². The average Bonchev–Trinajstić information content (AvgIpc) is 2.83. The number of benzene rings is 1. The zero-order chi connectivity index (χ0) is 14.8. The fourth-order valence-electron chi connectivity index (χ4n) is 2.37. The highest BCUT2D eigenvalue weighted by Gasteiger charge is 2.09. The molecule has 3 rings (SSSR count). The van der Waals surface area contributed by atoms with Crippen LogP contribution >= 0.6 is 0 Å². The molecule has 0 aliphatic carbocycles. The van der Waals surface area contributed by atoms with Crippen LogP contribution in [-0.2, 0) is 11.2 Å². The summed E-state index contributed by atoms with van der Waals surface area (Å²) in [6.07, 6.45) is 4.40. The van der Waals surface area contributed by atoms with Crippen molar-refractivity contribution in [2.45, 2.75) is 32.3 Å². The van der Waals surface area contributed by atoms with Crippen LogP contribution in [0.3, 0.4) is 0 Å². The van der Waals surface area contributed by atoms with Crippen LogP contribution in [0, 0.1) is 0 Å². The number of aliphatic hydroxyl groups is 1. The Morgan fingerprint density at radius 3 is 3.00 bits per heavy atom. The third kappa shape index (κ3) is 2.92. The van der Waals surface area contributed by atoms with E-state index in [0.29, 0.717) is 25.0 Å². The molecule has 0 amide bonds. The van der Waals surface area contributed by atoms with Gasteiger partial charge in [-0.25, -0.2) is 9.97 Å². The molecule has 2 aromatic heterocycles. The molecule has 1 unspecified atom stereocenters. The molecule has 108 valence electrons. The molecule has 0 aliphatic heterocycles. The van der Waals surface area contributed by atoms with Gasteiger partial charge in [0.1, 0.15) is 5.78 Å². The van der Waals surface area contributed by atoms with Crippen LogP contribution in [0.5, 0.6) is 0 Å². The van der Waals surface area contributed by atoms with E-state index in [1.807, 2.05) is 34.9 Å². The zero-order valence-corrected chi connectivity index (χ0v) is 11.9. The number of imidazole rings is 1. The van der Waals surface area contributed by atoms with Crippen LogP contribution in [0.2, 0.25) is 0 Å². The predicted molar refractivity (Wildman–Crippen MR) is 80.1 cm³/mol. The average molecular weight is 283 g/mol. The van der Waals surface area contributed by atoms with Gasteiger partial charge >= 0.3 is 0 Å². The largest absolute Gasteiger partial charge is 0.393 e. The molecule has 5 nitrogen and oxygen atoms in total. The number of hydrogen-bond acceptors (Lipinski definition) is 4. The normalized spacial score (nSPS) is 12.9. The van der Waals surface area contributed by atoms with Crippen LogP contribution < -0.4 is 0 Å². The number of aromatic nitrogens is 3. The molecule has 0 bridgehead atoms. The van der Waals surface area contributed by atoms with Crippen molar-refractivity contribution in [2.24, 2.45) is 0 Å². The summed E-state index contributed by atoms with van der Waals surface area (Å²) in [7, 11) is 0. The summed E-state index contributed by atoms with van der Waals surface area (Å²) in [4.78, 5) is 20.6. The molecule has 2 heterocycles. The highest BCUT2D eigenvalue weighted by atomic mass is 16.3. The van der Waals surface area contributed by atoms with Crippen molar-refractivity contribution in [1.29, 1.82) is 0 Å². The van der Waals surface area contributed by atoms with Gasteiger partial charge in [0.05, 0.1) is 17.1 Å². The fraction of sp³-hybridized carbons (Fsp3) is 0.312. The first-order chi connectivity index (χ1) is 10.1. The van der Waals surface area contributed by atoms with Gasteiger partial charge in [0.2, 0.25) is 5.78 Å². The molecule has 0 spiro atoms. The summed E-state index contributed by atoms with van der Waals surface area (Å²) in [6.45, 7) is 1.69. The van der Waals surface area contributed by atoms with Crippen molar-refractivity contribution < 1.29 is 9.90 Å². The molecule has 21 heavy (non-hydrogen) atoms. The maximum atomic E-state index is 11.9. The third-order valence-electron chi connectivity index (χ3n) is 3.46. The molecule has 0 aliphatic rings. The molecule has 0 fully saturated rings. The summed E-state index contributed by atoms with van der Waals surface area (Å²) >= 11 is 0. The quantitative estimate of drug-likeness (QED) is 0.779. The summed E-state index contributed by atoms with van der Waals surface area (Å²) in [5, 5.41) is 9.22. The van der Waals surface area contributed by atoms with Crippen LogP contribution in [0.25, 0.3) is 16.8 Å². The summed E-state index contributed by atoms with van der Waals surface area (Å²) < 4.78 is 1.91. The first-order valence-corrected chi connectivity index (χ1v) is 7.05. The van der Waals surface area contributed by atoms with Crippen molar-refractivity contribution in [3.8, 4) is 0 Å². The van der Waals surface area contributed by atoms with Gasteiger partial charge in [-0.2, -0.15) is 0 Å². The van der Waals surface area contributed by atoms with Crippen molar-refractivity contribution in [3.05, 3.63) is 42.2 Å². The second-order valence-electron chi connectivity index (χ2n) is 5.34. The monoisotopic (exact) mass is 283 g/mol. The fourth-order valence-corrected chi connectivity index (χ4v) is 2.37. The molecule has 0 saturated heterocycles. The number of carbonyl (C=O) groups excluding carboxylic acids is 1. The second-order valence-corrected chi connectivity index (χ2v) is 5.34. The minimum atomic E-state index is -0.438. The Morgan fingerprint density at radius 1 is 1.38 bits per heavy atom. The molecular formula is C16H17N3O2. The zero-order valence-electron chi connectivity index (χ0n) is 11.9.